The number of pyridine rings is 1. The molecule has 1 N–H and O–H groups in total. The number of hydrogen-bond donors (Lipinski definition) is 1. The molecule has 192 valence electrons. The lowest BCUT2D eigenvalue weighted by atomic mass is 10.0. The molecule has 4 heterocycles. The van der Waals surface area contributed by atoms with Crippen LogP contribution in [-0.2, 0) is 36.9 Å². The summed E-state index contributed by atoms with van der Waals surface area (Å²) >= 11 is 0.630. The number of aromatic nitrogens is 3. The Morgan fingerprint density at radius 3 is 2.65 bits per heavy atom. The average Bonchev–Trinajstić information content (AvgIpc) is 3.37. The summed E-state index contributed by atoms with van der Waals surface area (Å²) in [6.45, 7) is 4.26. The summed E-state index contributed by atoms with van der Waals surface area (Å²) in [6.07, 6.45) is -2.13. The van der Waals surface area contributed by atoms with Crippen molar-refractivity contribution >= 4 is 34.2 Å². The SMILES string of the molecule is Cc1cc(CC(=O)N2CCc3c(n(Cc4sc(C(F)(F)F)nc4C)c4ncccc34)C2)ccc1C(=O)O. The first-order valence-corrected chi connectivity index (χ1v) is 12.4. The van der Waals surface area contributed by atoms with Crippen LogP contribution in [0, 0.1) is 13.8 Å². The second-order valence-corrected chi connectivity index (χ2v) is 10.2. The zero-order chi connectivity index (χ0) is 26.5. The van der Waals surface area contributed by atoms with E-state index >= 15 is 0 Å². The van der Waals surface area contributed by atoms with Gasteiger partial charge in [0.15, 0.2) is 5.01 Å². The molecule has 3 aromatic heterocycles. The Hall–Kier alpha value is -3.73. The molecule has 0 aliphatic carbocycles. The van der Waals surface area contributed by atoms with Gasteiger partial charge < -0.3 is 14.6 Å². The minimum Gasteiger partial charge on any atom is -0.478 e. The van der Waals surface area contributed by atoms with Crippen LogP contribution in [0.15, 0.2) is 36.5 Å². The molecule has 4 aromatic rings. The van der Waals surface area contributed by atoms with Crippen LogP contribution in [0.25, 0.3) is 11.0 Å². The van der Waals surface area contributed by atoms with Crippen LogP contribution in [0.5, 0.6) is 0 Å². The monoisotopic (exact) mass is 528 g/mol. The molecular formula is C26H23F3N4O3S. The fourth-order valence-corrected chi connectivity index (χ4v) is 5.76. The summed E-state index contributed by atoms with van der Waals surface area (Å²) in [5.41, 5.74) is 4.40. The first-order valence-electron chi connectivity index (χ1n) is 11.6. The Balaban J connectivity index is 1.44. The molecule has 11 heteroatoms. The standard InChI is InChI=1S/C26H23F3N4O3S/c1-14-10-16(5-6-17(14)24(35)36)11-22(34)32-9-7-18-19-4-3-8-30-23(19)33(20(18)12-32)13-21-15(2)31-25(37-21)26(27,28)29/h3-6,8,10H,7,9,11-13H2,1-2H3,(H,35,36). The highest BCUT2D eigenvalue weighted by Crippen LogP contribution is 2.36. The highest BCUT2D eigenvalue weighted by Gasteiger charge is 2.36. The van der Waals surface area contributed by atoms with Gasteiger partial charge in [0.2, 0.25) is 5.91 Å². The number of benzene rings is 1. The number of carboxylic acid groups (broad SMARTS) is 1. The van der Waals surface area contributed by atoms with E-state index in [2.05, 4.69) is 9.97 Å². The molecule has 5 rings (SSSR count). The molecule has 0 radical (unpaired) electrons. The molecule has 0 unspecified atom stereocenters. The van der Waals surface area contributed by atoms with E-state index in [9.17, 15) is 27.9 Å². The topological polar surface area (TPSA) is 88.3 Å². The summed E-state index contributed by atoms with van der Waals surface area (Å²) < 4.78 is 41.6. The van der Waals surface area contributed by atoms with Crippen molar-refractivity contribution in [3.8, 4) is 0 Å². The van der Waals surface area contributed by atoms with Gasteiger partial charge in [0.05, 0.1) is 30.8 Å². The fourth-order valence-electron chi connectivity index (χ4n) is 4.85. The van der Waals surface area contributed by atoms with E-state index in [1.165, 1.54) is 6.07 Å². The van der Waals surface area contributed by atoms with Crippen LogP contribution < -0.4 is 0 Å². The van der Waals surface area contributed by atoms with Gasteiger partial charge >= 0.3 is 12.1 Å². The zero-order valence-electron chi connectivity index (χ0n) is 20.1. The Morgan fingerprint density at radius 1 is 1.19 bits per heavy atom. The van der Waals surface area contributed by atoms with Gasteiger partial charge in [-0.3, -0.25) is 4.79 Å². The smallest absolute Gasteiger partial charge is 0.443 e. The fraction of sp³-hybridized carbons (Fsp3) is 0.308. The molecule has 0 spiro atoms. The molecule has 0 saturated carbocycles. The zero-order valence-corrected chi connectivity index (χ0v) is 20.9. The van der Waals surface area contributed by atoms with E-state index < -0.39 is 17.2 Å². The molecule has 7 nitrogen and oxygen atoms in total. The van der Waals surface area contributed by atoms with Gasteiger partial charge in [-0.05, 0) is 55.2 Å². The number of carboxylic acids is 1. The first-order chi connectivity index (χ1) is 17.5. The van der Waals surface area contributed by atoms with Gasteiger partial charge in [0.1, 0.15) is 5.65 Å². The second-order valence-electron chi connectivity index (χ2n) is 9.11. The minimum atomic E-state index is -4.51. The number of alkyl halides is 3. The lowest BCUT2D eigenvalue weighted by Crippen LogP contribution is -2.37. The Labute approximate surface area is 214 Å². The highest BCUT2D eigenvalue weighted by atomic mass is 32.1. The summed E-state index contributed by atoms with van der Waals surface area (Å²) in [5, 5.41) is 9.30. The lowest BCUT2D eigenvalue weighted by molar-refractivity contribution is -0.137. The predicted molar refractivity (Wildman–Crippen MR) is 132 cm³/mol. The largest absolute Gasteiger partial charge is 0.478 e. The number of thiazole rings is 1. The lowest BCUT2D eigenvalue weighted by Gasteiger charge is -2.29. The molecule has 1 aromatic carbocycles. The van der Waals surface area contributed by atoms with Gasteiger partial charge in [-0.15, -0.1) is 11.3 Å². The maximum absolute atomic E-state index is 13.2. The highest BCUT2D eigenvalue weighted by molar-refractivity contribution is 7.11. The van der Waals surface area contributed by atoms with E-state index in [1.807, 2.05) is 16.7 Å². The van der Waals surface area contributed by atoms with Gasteiger partial charge in [0, 0.05) is 28.7 Å². The van der Waals surface area contributed by atoms with Crippen molar-refractivity contribution < 1.29 is 27.9 Å². The molecule has 0 bridgehead atoms. The van der Waals surface area contributed by atoms with Crippen molar-refractivity contribution in [2.45, 2.75) is 46.0 Å². The number of aromatic carboxylic acids is 1. The number of fused-ring (bicyclic) bond motifs is 3. The number of amides is 1. The third kappa shape index (κ3) is 4.71. The van der Waals surface area contributed by atoms with E-state index in [4.69, 9.17) is 0 Å². The van der Waals surface area contributed by atoms with Crippen LogP contribution in [0.4, 0.5) is 13.2 Å². The summed E-state index contributed by atoms with van der Waals surface area (Å²) in [4.78, 5) is 35.0. The van der Waals surface area contributed by atoms with Crippen molar-refractivity contribution in [2.24, 2.45) is 0 Å². The average molecular weight is 529 g/mol. The van der Waals surface area contributed by atoms with Crippen molar-refractivity contribution in [2.75, 3.05) is 6.54 Å². The summed E-state index contributed by atoms with van der Waals surface area (Å²) in [5.74, 6) is -1.12. The van der Waals surface area contributed by atoms with Crippen molar-refractivity contribution in [3.63, 3.8) is 0 Å². The van der Waals surface area contributed by atoms with Gasteiger partial charge in [0.25, 0.3) is 0 Å². The molecule has 1 aliphatic rings. The number of carbonyl (C=O) groups is 2. The molecule has 0 saturated heterocycles. The van der Waals surface area contributed by atoms with Crippen LogP contribution in [-0.4, -0.2) is 43.0 Å². The number of aryl methyl sites for hydroxylation is 2. The molecule has 0 atom stereocenters. The third-order valence-corrected chi connectivity index (χ3v) is 7.87. The maximum Gasteiger partial charge on any atom is 0.443 e. The second kappa shape index (κ2) is 9.29. The van der Waals surface area contributed by atoms with Crippen LogP contribution >= 0.6 is 11.3 Å². The Kier molecular flexibility index (Phi) is 6.26. The normalized spacial score (nSPS) is 13.7. The molecular weight excluding hydrogens is 505 g/mol. The summed E-state index contributed by atoms with van der Waals surface area (Å²) in [7, 11) is 0. The Morgan fingerprint density at radius 2 is 1.97 bits per heavy atom. The Bertz CT molecular complexity index is 1540. The first kappa shape index (κ1) is 24.9. The molecule has 1 aliphatic heterocycles. The molecule has 0 fully saturated rings. The number of carbonyl (C=O) groups excluding carboxylic acids is 1. The number of rotatable bonds is 5. The van der Waals surface area contributed by atoms with Crippen LogP contribution in [0.3, 0.4) is 0 Å². The van der Waals surface area contributed by atoms with Gasteiger partial charge in [-0.1, -0.05) is 12.1 Å². The molecule has 37 heavy (non-hydrogen) atoms. The van der Waals surface area contributed by atoms with Crippen molar-refractivity contribution in [1.29, 1.82) is 0 Å². The van der Waals surface area contributed by atoms with Crippen LogP contribution in [0.1, 0.15) is 48.3 Å². The van der Waals surface area contributed by atoms with E-state index in [1.54, 1.807) is 37.1 Å². The predicted octanol–water partition coefficient (Wildman–Crippen LogP) is 5.00. The molecule has 1 amide bonds. The maximum atomic E-state index is 13.2. The van der Waals surface area contributed by atoms with E-state index in [-0.39, 0.29) is 24.4 Å². The van der Waals surface area contributed by atoms with E-state index in [0.717, 1.165) is 22.2 Å². The van der Waals surface area contributed by atoms with Crippen molar-refractivity contribution in [3.05, 3.63) is 80.1 Å². The third-order valence-electron chi connectivity index (χ3n) is 6.68. The van der Waals surface area contributed by atoms with Crippen LogP contribution in [0.2, 0.25) is 0 Å². The quantitative estimate of drug-likeness (QED) is 0.394. The minimum absolute atomic E-state index is 0.105. The number of nitrogens with zero attached hydrogens (tertiary/aromatic N) is 4. The van der Waals surface area contributed by atoms with E-state index in [0.29, 0.717) is 52.6 Å². The van der Waals surface area contributed by atoms with Gasteiger partial charge in [-0.25, -0.2) is 14.8 Å². The number of hydrogen-bond acceptors (Lipinski definition) is 5. The summed E-state index contributed by atoms with van der Waals surface area (Å²) in [6, 6.07) is 8.64. The van der Waals surface area contributed by atoms with Gasteiger partial charge in [-0.2, -0.15) is 13.2 Å². The van der Waals surface area contributed by atoms with Crippen molar-refractivity contribution in [1.82, 2.24) is 19.4 Å². The number of halogens is 3.